The van der Waals surface area contributed by atoms with Crippen LogP contribution in [0.5, 0.6) is 5.75 Å². The number of ether oxygens (including phenoxy) is 1. The van der Waals surface area contributed by atoms with Gasteiger partial charge < -0.3 is 10.5 Å². The fourth-order valence-corrected chi connectivity index (χ4v) is 2.66. The number of aryl methyl sites for hydroxylation is 1. The molecule has 0 bridgehead atoms. The Labute approximate surface area is 112 Å². The molecule has 2 heterocycles. The van der Waals surface area contributed by atoms with E-state index < -0.39 is 0 Å². The molecule has 2 rings (SSSR count). The molecule has 0 saturated heterocycles. The van der Waals surface area contributed by atoms with Gasteiger partial charge in [-0.05, 0) is 46.9 Å². The Morgan fingerprint density at radius 1 is 1.39 bits per heavy atom. The maximum atomic E-state index is 6.27. The average Bonchev–Trinajstić information content (AvgIpc) is 2.82. The van der Waals surface area contributed by atoms with Crippen LogP contribution in [-0.2, 0) is 0 Å². The normalized spacial score (nSPS) is 12.4. The van der Waals surface area contributed by atoms with Crippen molar-refractivity contribution in [2.75, 3.05) is 6.61 Å². The van der Waals surface area contributed by atoms with Crippen molar-refractivity contribution in [2.24, 2.45) is 5.73 Å². The molecule has 0 aromatic carbocycles. The molecule has 0 aliphatic heterocycles. The van der Waals surface area contributed by atoms with Crippen LogP contribution in [-0.4, -0.2) is 11.6 Å². The topological polar surface area (TPSA) is 48.1 Å². The second-order valence-electron chi connectivity index (χ2n) is 4.29. The Hall–Kier alpha value is -1.39. The predicted octanol–water partition coefficient (Wildman–Crippen LogP) is 3.29. The minimum atomic E-state index is -0.131. The third-order valence-electron chi connectivity index (χ3n) is 2.80. The van der Waals surface area contributed by atoms with Crippen LogP contribution < -0.4 is 10.5 Å². The van der Waals surface area contributed by atoms with Crippen LogP contribution in [0.25, 0.3) is 0 Å². The van der Waals surface area contributed by atoms with Crippen molar-refractivity contribution in [2.45, 2.75) is 26.3 Å². The zero-order valence-electron chi connectivity index (χ0n) is 10.7. The SMILES string of the molecule is CCCOc1cncc(C(N)c2cscc2C)c1. The molecule has 0 saturated carbocycles. The molecule has 0 fully saturated rings. The van der Waals surface area contributed by atoms with Gasteiger partial charge in [0.2, 0.25) is 0 Å². The molecule has 0 spiro atoms. The summed E-state index contributed by atoms with van der Waals surface area (Å²) in [6.45, 7) is 4.87. The molecule has 2 N–H and O–H groups in total. The highest BCUT2D eigenvalue weighted by molar-refractivity contribution is 7.08. The summed E-state index contributed by atoms with van der Waals surface area (Å²) >= 11 is 1.68. The van der Waals surface area contributed by atoms with Crippen molar-refractivity contribution in [1.29, 1.82) is 0 Å². The van der Waals surface area contributed by atoms with Crippen molar-refractivity contribution in [3.63, 3.8) is 0 Å². The van der Waals surface area contributed by atoms with Gasteiger partial charge in [0.15, 0.2) is 0 Å². The van der Waals surface area contributed by atoms with Crippen LogP contribution >= 0.6 is 11.3 Å². The molecule has 0 aliphatic carbocycles. The Bertz CT molecular complexity index is 510. The molecule has 0 radical (unpaired) electrons. The van der Waals surface area contributed by atoms with E-state index in [0.717, 1.165) is 23.3 Å². The highest BCUT2D eigenvalue weighted by Crippen LogP contribution is 2.26. The molecule has 0 aliphatic rings. The maximum absolute atomic E-state index is 6.27. The summed E-state index contributed by atoms with van der Waals surface area (Å²) in [5, 5.41) is 4.21. The minimum absolute atomic E-state index is 0.131. The summed E-state index contributed by atoms with van der Waals surface area (Å²) in [5.74, 6) is 0.790. The summed E-state index contributed by atoms with van der Waals surface area (Å²) in [7, 11) is 0. The third-order valence-corrected chi connectivity index (χ3v) is 3.68. The Balaban J connectivity index is 2.20. The first-order valence-electron chi connectivity index (χ1n) is 6.08. The zero-order valence-corrected chi connectivity index (χ0v) is 11.5. The highest BCUT2D eigenvalue weighted by atomic mass is 32.1. The van der Waals surface area contributed by atoms with Gasteiger partial charge >= 0.3 is 0 Å². The first-order valence-corrected chi connectivity index (χ1v) is 7.02. The van der Waals surface area contributed by atoms with Crippen molar-refractivity contribution < 1.29 is 4.74 Å². The van der Waals surface area contributed by atoms with Gasteiger partial charge in [0, 0.05) is 6.20 Å². The third kappa shape index (κ3) is 2.89. The highest BCUT2D eigenvalue weighted by Gasteiger charge is 2.13. The van der Waals surface area contributed by atoms with Crippen molar-refractivity contribution in [3.8, 4) is 5.75 Å². The molecule has 3 nitrogen and oxygen atoms in total. The lowest BCUT2D eigenvalue weighted by Crippen LogP contribution is -2.12. The molecule has 0 amide bonds. The van der Waals surface area contributed by atoms with E-state index in [0.29, 0.717) is 6.61 Å². The lowest BCUT2D eigenvalue weighted by atomic mass is 10.0. The molecular weight excluding hydrogens is 244 g/mol. The number of nitrogens with two attached hydrogens (primary N) is 1. The molecule has 96 valence electrons. The quantitative estimate of drug-likeness (QED) is 0.899. The number of aromatic nitrogens is 1. The largest absolute Gasteiger partial charge is 0.492 e. The summed E-state index contributed by atoms with van der Waals surface area (Å²) in [6, 6.07) is 1.85. The Morgan fingerprint density at radius 3 is 2.89 bits per heavy atom. The van der Waals surface area contributed by atoms with Gasteiger partial charge in [-0.1, -0.05) is 6.92 Å². The maximum Gasteiger partial charge on any atom is 0.137 e. The molecule has 18 heavy (non-hydrogen) atoms. The van der Waals surface area contributed by atoms with Crippen LogP contribution in [0.4, 0.5) is 0 Å². The molecule has 1 unspecified atom stereocenters. The summed E-state index contributed by atoms with van der Waals surface area (Å²) in [4.78, 5) is 4.20. The van der Waals surface area contributed by atoms with Crippen LogP contribution in [0.15, 0.2) is 29.2 Å². The number of nitrogens with zero attached hydrogens (tertiary/aromatic N) is 1. The molecule has 2 aromatic heterocycles. The van der Waals surface area contributed by atoms with Gasteiger partial charge in [-0.15, -0.1) is 0 Å². The van der Waals surface area contributed by atoms with Crippen molar-refractivity contribution >= 4 is 11.3 Å². The van der Waals surface area contributed by atoms with Crippen molar-refractivity contribution in [1.82, 2.24) is 4.98 Å². The van der Waals surface area contributed by atoms with E-state index in [9.17, 15) is 0 Å². The van der Waals surface area contributed by atoms with Gasteiger partial charge in [0.05, 0.1) is 18.8 Å². The van der Waals surface area contributed by atoms with Crippen molar-refractivity contribution in [3.05, 3.63) is 45.9 Å². The number of hydrogen-bond donors (Lipinski definition) is 1. The van der Waals surface area contributed by atoms with E-state index in [2.05, 4.69) is 29.6 Å². The van der Waals surface area contributed by atoms with Gasteiger partial charge in [-0.2, -0.15) is 11.3 Å². The van der Waals surface area contributed by atoms with E-state index in [1.165, 1.54) is 5.56 Å². The van der Waals surface area contributed by atoms with E-state index in [4.69, 9.17) is 10.5 Å². The number of thiophene rings is 1. The molecule has 2 aromatic rings. The number of rotatable bonds is 5. The summed E-state index contributed by atoms with van der Waals surface area (Å²) in [5.41, 5.74) is 9.65. The first-order chi connectivity index (χ1) is 8.72. The second-order valence-corrected chi connectivity index (χ2v) is 5.03. The summed E-state index contributed by atoms with van der Waals surface area (Å²) < 4.78 is 5.58. The minimum Gasteiger partial charge on any atom is -0.492 e. The fourth-order valence-electron chi connectivity index (χ4n) is 1.77. The van der Waals surface area contributed by atoms with E-state index in [1.807, 2.05) is 6.07 Å². The van der Waals surface area contributed by atoms with E-state index in [-0.39, 0.29) is 6.04 Å². The van der Waals surface area contributed by atoms with Crippen LogP contribution in [0.3, 0.4) is 0 Å². The second kappa shape index (κ2) is 5.98. The fraction of sp³-hybridized carbons (Fsp3) is 0.357. The summed E-state index contributed by atoms with van der Waals surface area (Å²) in [6.07, 6.45) is 4.52. The molecule has 4 heteroatoms. The smallest absolute Gasteiger partial charge is 0.137 e. The van der Waals surface area contributed by atoms with Gasteiger partial charge in [-0.25, -0.2) is 0 Å². The number of pyridine rings is 1. The standard InChI is InChI=1S/C14H18N2OS/c1-3-4-17-12-5-11(6-16-7-12)14(15)13-9-18-8-10(13)2/h5-9,14H,3-4,15H2,1-2H3. The van der Waals surface area contributed by atoms with Crippen LogP contribution in [0.2, 0.25) is 0 Å². The van der Waals surface area contributed by atoms with E-state index >= 15 is 0 Å². The zero-order chi connectivity index (χ0) is 13.0. The predicted molar refractivity (Wildman–Crippen MR) is 75.1 cm³/mol. The molecular formula is C14H18N2OS. The van der Waals surface area contributed by atoms with Gasteiger partial charge in [0.25, 0.3) is 0 Å². The lowest BCUT2D eigenvalue weighted by molar-refractivity contribution is 0.315. The van der Waals surface area contributed by atoms with Crippen LogP contribution in [0, 0.1) is 6.92 Å². The van der Waals surface area contributed by atoms with Gasteiger partial charge in [0.1, 0.15) is 5.75 Å². The Morgan fingerprint density at radius 2 is 2.22 bits per heavy atom. The van der Waals surface area contributed by atoms with Gasteiger partial charge in [-0.3, -0.25) is 4.98 Å². The lowest BCUT2D eigenvalue weighted by Gasteiger charge is -2.13. The first kappa shape index (κ1) is 13.1. The monoisotopic (exact) mass is 262 g/mol. The van der Waals surface area contributed by atoms with Crippen LogP contribution in [0.1, 0.15) is 36.1 Å². The number of hydrogen-bond acceptors (Lipinski definition) is 4. The Kier molecular flexibility index (Phi) is 4.33. The van der Waals surface area contributed by atoms with E-state index in [1.54, 1.807) is 23.7 Å². The molecule has 1 atom stereocenters. The average molecular weight is 262 g/mol.